The summed E-state index contributed by atoms with van der Waals surface area (Å²) >= 11 is 0. The van der Waals surface area contributed by atoms with Crippen molar-refractivity contribution >= 4 is 15.9 Å². The maximum absolute atomic E-state index is 13.9. The highest BCUT2D eigenvalue weighted by Crippen LogP contribution is 2.22. The Morgan fingerprint density at radius 1 is 1.32 bits per heavy atom. The van der Waals surface area contributed by atoms with Gasteiger partial charge in [0.15, 0.2) is 11.6 Å². The lowest BCUT2D eigenvalue weighted by Crippen LogP contribution is -2.41. The van der Waals surface area contributed by atoms with Gasteiger partial charge in [-0.1, -0.05) is 0 Å². The second-order valence-corrected chi connectivity index (χ2v) is 8.39. The van der Waals surface area contributed by atoms with Crippen LogP contribution in [-0.2, 0) is 10.0 Å². The maximum atomic E-state index is 13.9. The van der Waals surface area contributed by atoms with Crippen LogP contribution in [0.1, 0.15) is 30.1 Å². The number of likely N-dealkylation sites (tertiary alicyclic amines) is 1. The van der Waals surface area contributed by atoms with E-state index in [1.54, 1.807) is 17.9 Å². The second kappa shape index (κ2) is 8.74. The summed E-state index contributed by atoms with van der Waals surface area (Å²) in [4.78, 5) is 13.9. The largest absolute Gasteiger partial charge is 0.491 e. The molecule has 1 fully saturated rings. The van der Waals surface area contributed by atoms with Crippen molar-refractivity contribution in [3.8, 4) is 5.75 Å². The van der Waals surface area contributed by atoms with Crippen LogP contribution in [0.25, 0.3) is 0 Å². The third-order valence-corrected chi connectivity index (χ3v) is 6.17. The van der Waals surface area contributed by atoms with Crippen LogP contribution in [0.3, 0.4) is 0 Å². The SMILES string of the molecule is CCOc1ccc(S(=O)(=O)NCC2CCN(C(=O)c3ccoc3)CC2)cc1F. The van der Waals surface area contributed by atoms with Crippen molar-refractivity contribution in [2.75, 3.05) is 26.2 Å². The van der Waals surface area contributed by atoms with Gasteiger partial charge in [0, 0.05) is 19.6 Å². The maximum Gasteiger partial charge on any atom is 0.257 e. The normalized spacial score (nSPS) is 15.6. The molecule has 1 aromatic heterocycles. The molecule has 3 rings (SSSR count). The zero-order chi connectivity index (χ0) is 20.1. The molecule has 0 aliphatic carbocycles. The zero-order valence-corrected chi connectivity index (χ0v) is 16.4. The lowest BCUT2D eigenvalue weighted by molar-refractivity contribution is 0.0691. The Morgan fingerprint density at radius 3 is 2.68 bits per heavy atom. The lowest BCUT2D eigenvalue weighted by atomic mass is 9.97. The highest BCUT2D eigenvalue weighted by Gasteiger charge is 2.26. The van der Waals surface area contributed by atoms with Crippen LogP contribution in [0, 0.1) is 11.7 Å². The number of furan rings is 1. The average molecular weight is 410 g/mol. The Bertz CT molecular complexity index is 906. The van der Waals surface area contributed by atoms with Crippen LogP contribution in [0.2, 0.25) is 0 Å². The highest BCUT2D eigenvalue weighted by molar-refractivity contribution is 7.89. The predicted octanol–water partition coefficient (Wildman–Crippen LogP) is 2.65. The van der Waals surface area contributed by atoms with Gasteiger partial charge in [0.2, 0.25) is 10.0 Å². The molecular weight excluding hydrogens is 387 g/mol. The van der Waals surface area contributed by atoms with E-state index < -0.39 is 15.8 Å². The molecule has 0 atom stereocenters. The number of benzene rings is 1. The Morgan fingerprint density at radius 2 is 2.07 bits per heavy atom. The van der Waals surface area contributed by atoms with E-state index in [1.165, 1.54) is 24.7 Å². The van der Waals surface area contributed by atoms with Crippen LogP contribution >= 0.6 is 0 Å². The Labute approximate surface area is 163 Å². The molecule has 0 bridgehead atoms. The number of nitrogens with one attached hydrogen (secondary N) is 1. The highest BCUT2D eigenvalue weighted by atomic mass is 32.2. The lowest BCUT2D eigenvalue weighted by Gasteiger charge is -2.31. The van der Waals surface area contributed by atoms with Crippen molar-refractivity contribution in [1.82, 2.24) is 9.62 Å². The molecule has 1 amide bonds. The molecule has 0 unspecified atom stereocenters. The van der Waals surface area contributed by atoms with Gasteiger partial charge in [-0.25, -0.2) is 17.5 Å². The van der Waals surface area contributed by atoms with E-state index in [1.807, 2.05) is 0 Å². The van der Waals surface area contributed by atoms with Crippen molar-refractivity contribution in [1.29, 1.82) is 0 Å². The summed E-state index contributed by atoms with van der Waals surface area (Å²) in [6.07, 6.45) is 4.24. The number of halogens is 1. The van der Waals surface area contributed by atoms with Crippen molar-refractivity contribution in [2.24, 2.45) is 5.92 Å². The van der Waals surface area contributed by atoms with Gasteiger partial charge >= 0.3 is 0 Å². The molecule has 2 heterocycles. The third kappa shape index (κ3) is 4.71. The van der Waals surface area contributed by atoms with Gasteiger partial charge in [0.05, 0.1) is 23.3 Å². The van der Waals surface area contributed by atoms with Gasteiger partial charge in [-0.15, -0.1) is 0 Å². The monoisotopic (exact) mass is 410 g/mol. The predicted molar refractivity (Wildman–Crippen MR) is 100 cm³/mol. The fraction of sp³-hybridized carbons (Fsp3) is 0.421. The molecule has 1 aliphatic rings. The van der Waals surface area contributed by atoms with Gasteiger partial charge < -0.3 is 14.1 Å². The number of hydrogen-bond acceptors (Lipinski definition) is 5. The van der Waals surface area contributed by atoms with Crippen LogP contribution < -0.4 is 9.46 Å². The van der Waals surface area contributed by atoms with Crippen molar-refractivity contribution < 1.29 is 26.8 Å². The summed E-state index contributed by atoms with van der Waals surface area (Å²) in [7, 11) is -3.82. The number of rotatable bonds is 7. The number of hydrogen-bond donors (Lipinski definition) is 1. The number of carbonyl (C=O) groups is 1. The summed E-state index contributed by atoms with van der Waals surface area (Å²) in [5, 5.41) is 0. The van der Waals surface area contributed by atoms with Gasteiger partial charge in [0.25, 0.3) is 5.91 Å². The minimum Gasteiger partial charge on any atom is -0.491 e. The Balaban J connectivity index is 1.53. The fourth-order valence-corrected chi connectivity index (χ4v) is 4.27. The summed E-state index contributed by atoms with van der Waals surface area (Å²) in [5.74, 6) is -0.666. The van der Waals surface area contributed by atoms with E-state index in [0.29, 0.717) is 38.1 Å². The number of nitrogens with zero attached hydrogens (tertiary/aromatic N) is 1. The Hall–Kier alpha value is -2.39. The first-order chi connectivity index (χ1) is 13.4. The van der Waals surface area contributed by atoms with E-state index in [4.69, 9.17) is 9.15 Å². The smallest absolute Gasteiger partial charge is 0.257 e. The van der Waals surface area contributed by atoms with Gasteiger partial charge in [-0.2, -0.15) is 0 Å². The first-order valence-electron chi connectivity index (χ1n) is 9.14. The first kappa shape index (κ1) is 20.3. The Kier molecular flexibility index (Phi) is 6.35. The van der Waals surface area contributed by atoms with Gasteiger partial charge in [-0.3, -0.25) is 4.79 Å². The van der Waals surface area contributed by atoms with Gasteiger partial charge in [-0.05, 0) is 49.9 Å². The van der Waals surface area contributed by atoms with Crippen molar-refractivity contribution in [3.05, 3.63) is 48.2 Å². The van der Waals surface area contributed by atoms with E-state index in [-0.39, 0.29) is 29.0 Å². The molecule has 2 aromatic rings. The molecule has 7 nitrogen and oxygen atoms in total. The average Bonchev–Trinajstić information content (AvgIpc) is 3.23. The summed E-state index contributed by atoms with van der Waals surface area (Å²) in [6.45, 7) is 3.36. The number of piperidine rings is 1. The molecule has 1 N–H and O–H groups in total. The van der Waals surface area contributed by atoms with Crippen molar-refractivity contribution in [3.63, 3.8) is 0 Å². The second-order valence-electron chi connectivity index (χ2n) is 6.62. The van der Waals surface area contributed by atoms with Crippen LogP contribution in [0.4, 0.5) is 4.39 Å². The molecule has 0 saturated carbocycles. The van der Waals surface area contributed by atoms with Crippen LogP contribution in [0.15, 0.2) is 46.1 Å². The van der Waals surface area contributed by atoms with E-state index in [0.717, 1.165) is 6.07 Å². The molecule has 9 heteroatoms. The van der Waals surface area contributed by atoms with E-state index in [2.05, 4.69) is 4.72 Å². The number of sulfonamides is 1. The van der Waals surface area contributed by atoms with E-state index in [9.17, 15) is 17.6 Å². The minimum absolute atomic E-state index is 0.0242. The molecule has 0 radical (unpaired) electrons. The molecule has 1 aromatic carbocycles. The van der Waals surface area contributed by atoms with E-state index >= 15 is 0 Å². The molecular formula is C19H23FN2O5S. The zero-order valence-electron chi connectivity index (χ0n) is 15.6. The van der Waals surface area contributed by atoms with Crippen LogP contribution in [0.5, 0.6) is 5.75 Å². The molecule has 152 valence electrons. The molecule has 1 aliphatic heterocycles. The number of amides is 1. The number of ether oxygens (including phenoxy) is 1. The van der Waals surface area contributed by atoms with Gasteiger partial charge in [0.1, 0.15) is 6.26 Å². The van der Waals surface area contributed by atoms with Crippen molar-refractivity contribution in [2.45, 2.75) is 24.7 Å². The summed E-state index contributed by atoms with van der Waals surface area (Å²) < 4.78 is 51.4. The fourth-order valence-electron chi connectivity index (χ4n) is 3.14. The molecule has 1 saturated heterocycles. The standard InChI is InChI=1S/C19H23FN2O5S/c1-2-27-18-4-3-16(11-17(18)20)28(24,25)21-12-14-5-8-22(9-6-14)19(23)15-7-10-26-13-15/h3-4,7,10-11,13-14,21H,2,5-6,8-9,12H2,1H3. The summed E-state index contributed by atoms with van der Waals surface area (Å²) in [6, 6.07) is 5.22. The molecule has 0 spiro atoms. The summed E-state index contributed by atoms with van der Waals surface area (Å²) in [5.41, 5.74) is 0.511. The minimum atomic E-state index is -3.82. The molecule has 28 heavy (non-hydrogen) atoms. The quantitative estimate of drug-likeness (QED) is 0.758. The first-order valence-corrected chi connectivity index (χ1v) is 10.6. The van der Waals surface area contributed by atoms with Crippen LogP contribution in [-0.4, -0.2) is 45.5 Å². The number of carbonyl (C=O) groups excluding carboxylic acids is 1. The topological polar surface area (TPSA) is 88.9 Å². The third-order valence-electron chi connectivity index (χ3n) is 4.75.